The van der Waals surface area contributed by atoms with E-state index in [1.54, 1.807) is 42.3 Å². The van der Waals surface area contributed by atoms with Gasteiger partial charge >= 0.3 is 0 Å². The number of anilines is 3. The minimum Gasteiger partial charge on any atom is -0.495 e. The molecular formula is C19H18ClN7O. The highest BCUT2D eigenvalue weighted by molar-refractivity contribution is 6.32. The molecule has 4 aromatic rings. The molecule has 0 aliphatic heterocycles. The predicted octanol–water partition coefficient (Wildman–Crippen LogP) is 3.66. The first kappa shape index (κ1) is 18.0. The molecule has 4 rings (SSSR count). The highest BCUT2D eigenvalue weighted by atomic mass is 35.5. The molecule has 1 N–H and O–H groups in total. The van der Waals surface area contributed by atoms with Gasteiger partial charge in [-0.15, -0.1) is 5.10 Å². The second-order valence-corrected chi connectivity index (χ2v) is 6.66. The van der Waals surface area contributed by atoms with E-state index in [1.165, 1.54) is 0 Å². The van der Waals surface area contributed by atoms with Gasteiger partial charge in [-0.3, -0.25) is 4.98 Å². The Hall–Kier alpha value is -3.39. The first-order valence-corrected chi connectivity index (χ1v) is 8.88. The summed E-state index contributed by atoms with van der Waals surface area (Å²) in [5.41, 5.74) is 2.95. The number of rotatable bonds is 5. The van der Waals surface area contributed by atoms with Crippen LogP contribution in [0.5, 0.6) is 5.75 Å². The Morgan fingerprint density at radius 2 is 2.00 bits per heavy atom. The molecule has 0 fully saturated rings. The van der Waals surface area contributed by atoms with Crippen LogP contribution < -0.4 is 15.0 Å². The van der Waals surface area contributed by atoms with Gasteiger partial charge in [0.2, 0.25) is 5.95 Å². The second kappa shape index (κ2) is 7.32. The van der Waals surface area contributed by atoms with Crippen LogP contribution in [0, 0.1) is 0 Å². The number of hydrogen-bond acceptors (Lipinski definition) is 7. The predicted molar refractivity (Wildman–Crippen MR) is 110 cm³/mol. The average Bonchev–Trinajstić information content (AvgIpc) is 3.10. The summed E-state index contributed by atoms with van der Waals surface area (Å²) in [6.07, 6.45) is 5.22. The van der Waals surface area contributed by atoms with Crippen molar-refractivity contribution in [2.24, 2.45) is 0 Å². The SMILES string of the molecule is COc1ccc(Nc2nc3c(-c4ccc(N(C)C)nc4)nccn3n2)cc1Cl. The van der Waals surface area contributed by atoms with E-state index >= 15 is 0 Å². The van der Waals surface area contributed by atoms with Gasteiger partial charge in [-0.05, 0) is 30.3 Å². The molecule has 0 bridgehead atoms. The molecule has 3 aromatic heterocycles. The lowest BCUT2D eigenvalue weighted by Gasteiger charge is -2.11. The third-order valence-corrected chi connectivity index (χ3v) is 4.44. The monoisotopic (exact) mass is 395 g/mol. The lowest BCUT2D eigenvalue weighted by atomic mass is 10.2. The summed E-state index contributed by atoms with van der Waals surface area (Å²) in [6, 6.07) is 9.30. The minimum atomic E-state index is 0.438. The van der Waals surface area contributed by atoms with Crippen LogP contribution in [0.15, 0.2) is 48.9 Å². The van der Waals surface area contributed by atoms with Crippen LogP contribution in [-0.4, -0.2) is 45.8 Å². The molecule has 0 unspecified atom stereocenters. The fraction of sp³-hybridized carbons (Fsp3) is 0.158. The Morgan fingerprint density at radius 3 is 2.68 bits per heavy atom. The molecule has 3 heterocycles. The van der Waals surface area contributed by atoms with E-state index in [4.69, 9.17) is 16.3 Å². The molecule has 28 heavy (non-hydrogen) atoms. The van der Waals surface area contributed by atoms with Crippen molar-refractivity contribution in [1.82, 2.24) is 24.6 Å². The van der Waals surface area contributed by atoms with Crippen LogP contribution >= 0.6 is 11.6 Å². The summed E-state index contributed by atoms with van der Waals surface area (Å²) in [6.45, 7) is 0. The van der Waals surface area contributed by atoms with Gasteiger partial charge in [-0.25, -0.2) is 9.50 Å². The fourth-order valence-electron chi connectivity index (χ4n) is 2.74. The number of halogens is 1. The van der Waals surface area contributed by atoms with Crippen molar-refractivity contribution in [1.29, 1.82) is 0 Å². The first-order valence-electron chi connectivity index (χ1n) is 8.51. The highest BCUT2D eigenvalue weighted by Crippen LogP contribution is 2.29. The number of ether oxygens (including phenoxy) is 1. The first-order chi connectivity index (χ1) is 13.5. The maximum atomic E-state index is 6.18. The Morgan fingerprint density at radius 1 is 1.14 bits per heavy atom. The largest absolute Gasteiger partial charge is 0.495 e. The number of methoxy groups -OCH3 is 1. The lowest BCUT2D eigenvalue weighted by molar-refractivity contribution is 0.415. The van der Waals surface area contributed by atoms with Gasteiger partial charge in [0.1, 0.15) is 17.3 Å². The van der Waals surface area contributed by atoms with Crippen LogP contribution in [0.25, 0.3) is 16.9 Å². The van der Waals surface area contributed by atoms with Gasteiger partial charge in [-0.1, -0.05) is 11.6 Å². The van der Waals surface area contributed by atoms with Gasteiger partial charge in [0, 0.05) is 43.9 Å². The van der Waals surface area contributed by atoms with Crippen LogP contribution in [0.4, 0.5) is 17.5 Å². The number of nitrogens with one attached hydrogen (secondary N) is 1. The van der Waals surface area contributed by atoms with E-state index in [0.717, 1.165) is 17.1 Å². The van der Waals surface area contributed by atoms with E-state index in [2.05, 4.69) is 25.4 Å². The molecule has 8 nitrogen and oxygen atoms in total. The minimum absolute atomic E-state index is 0.438. The summed E-state index contributed by atoms with van der Waals surface area (Å²) >= 11 is 6.18. The summed E-state index contributed by atoms with van der Waals surface area (Å²) in [7, 11) is 5.47. The van der Waals surface area contributed by atoms with E-state index in [-0.39, 0.29) is 0 Å². The molecule has 0 amide bonds. The van der Waals surface area contributed by atoms with Crippen LogP contribution in [0.3, 0.4) is 0 Å². The van der Waals surface area contributed by atoms with E-state index in [9.17, 15) is 0 Å². The Bertz CT molecular complexity index is 1130. The molecule has 0 radical (unpaired) electrons. The quantitative estimate of drug-likeness (QED) is 0.552. The molecule has 9 heteroatoms. The standard InChI is InChI=1S/C19H18ClN7O/c1-26(2)16-7-4-12(11-22-16)17-18-24-19(25-27(18)9-8-21-17)23-13-5-6-15(28-3)14(20)10-13/h4-11H,1-3H3,(H,23,25). The molecule has 0 saturated heterocycles. The van der Waals surface area contributed by atoms with E-state index in [1.807, 2.05) is 37.2 Å². The second-order valence-electron chi connectivity index (χ2n) is 6.25. The lowest BCUT2D eigenvalue weighted by Crippen LogP contribution is -2.10. The zero-order chi connectivity index (χ0) is 19.7. The Kier molecular flexibility index (Phi) is 4.70. The van der Waals surface area contributed by atoms with E-state index < -0.39 is 0 Å². The van der Waals surface area contributed by atoms with Gasteiger partial charge in [0.15, 0.2) is 5.65 Å². The number of pyridine rings is 1. The van der Waals surface area contributed by atoms with Crippen molar-refractivity contribution in [2.45, 2.75) is 0 Å². The number of nitrogens with zero attached hydrogens (tertiary/aromatic N) is 6. The highest BCUT2D eigenvalue weighted by Gasteiger charge is 2.12. The molecule has 1 aromatic carbocycles. The third-order valence-electron chi connectivity index (χ3n) is 4.14. The summed E-state index contributed by atoms with van der Waals surface area (Å²) in [4.78, 5) is 15.4. The normalized spacial score (nSPS) is 10.9. The average molecular weight is 396 g/mol. The van der Waals surface area contributed by atoms with Crippen molar-refractivity contribution < 1.29 is 4.74 Å². The van der Waals surface area contributed by atoms with Gasteiger partial charge in [-0.2, -0.15) is 4.98 Å². The maximum absolute atomic E-state index is 6.18. The van der Waals surface area contributed by atoms with Crippen LogP contribution in [0.1, 0.15) is 0 Å². The molecule has 0 saturated carbocycles. The zero-order valence-electron chi connectivity index (χ0n) is 15.6. The molecule has 0 aliphatic carbocycles. The Labute approximate surface area is 166 Å². The maximum Gasteiger partial charge on any atom is 0.247 e. The van der Waals surface area contributed by atoms with Crippen molar-refractivity contribution >= 4 is 34.7 Å². The molecular weight excluding hydrogens is 378 g/mol. The van der Waals surface area contributed by atoms with Gasteiger partial charge in [0.25, 0.3) is 0 Å². The smallest absolute Gasteiger partial charge is 0.247 e. The van der Waals surface area contributed by atoms with Crippen LogP contribution in [0.2, 0.25) is 5.02 Å². The zero-order valence-corrected chi connectivity index (χ0v) is 16.3. The third kappa shape index (κ3) is 3.41. The molecule has 0 spiro atoms. The number of aromatic nitrogens is 5. The molecule has 0 atom stereocenters. The van der Waals surface area contributed by atoms with Crippen molar-refractivity contribution in [3.63, 3.8) is 0 Å². The van der Waals surface area contributed by atoms with Crippen LogP contribution in [-0.2, 0) is 0 Å². The van der Waals surface area contributed by atoms with Gasteiger partial charge < -0.3 is 15.0 Å². The Balaban J connectivity index is 1.68. The van der Waals surface area contributed by atoms with Gasteiger partial charge in [0.05, 0.1) is 12.1 Å². The summed E-state index contributed by atoms with van der Waals surface area (Å²) in [5.74, 6) is 1.92. The number of fused-ring (bicyclic) bond motifs is 1. The van der Waals surface area contributed by atoms with Crippen molar-refractivity contribution in [3.8, 4) is 17.0 Å². The number of hydrogen-bond donors (Lipinski definition) is 1. The molecule has 142 valence electrons. The summed E-state index contributed by atoms with van der Waals surface area (Å²) in [5, 5.41) is 8.12. The summed E-state index contributed by atoms with van der Waals surface area (Å²) < 4.78 is 6.85. The topological polar surface area (TPSA) is 80.5 Å². The van der Waals surface area contributed by atoms with Crippen molar-refractivity contribution in [2.75, 3.05) is 31.4 Å². The molecule has 0 aliphatic rings. The van der Waals surface area contributed by atoms with Crippen molar-refractivity contribution in [3.05, 3.63) is 53.9 Å². The van der Waals surface area contributed by atoms with E-state index in [0.29, 0.717) is 28.1 Å². The number of benzene rings is 1. The fourth-order valence-corrected chi connectivity index (χ4v) is 3.00.